The number of hydrogen-bond acceptors (Lipinski definition) is 8. The first-order chi connectivity index (χ1) is 19.9. The van der Waals surface area contributed by atoms with Gasteiger partial charge in [-0.25, -0.2) is 9.88 Å². The van der Waals surface area contributed by atoms with Gasteiger partial charge in [0.05, 0.1) is 40.5 Å². The number of methoxy groups -OCH3 is 1. The van der Waals surface area contributed by atoms with E-state index in [0.717, 1.165) is 16.9 Å². The van der Waals surface area contributed by atoms with Crippen LogP contribution in [-0.2, 0) is 15.1 Å². The third-order valence-electron chi connectivity index (χ3n) is 9.25. The summed E-state index contributed by atoms with van der Waals surface area (Å²) >= 11 is 0. The van der Waals surface area contributed by atoms with E-state index in [1.807, 2.05) is 30.3 Å². The highest BCUT2D eigenvalue weighted by Gasteiger charge is 2.74. The molecule has 3 fully saturated rings. The van der Waals surface area contributed by atoms with Crippen molar-refractivity contribution in [1.82, 2.24) is 14.5 Å². The molecule has 5 heterocycles. The number of amides is 2. The fourth-order valence-electron chi connectivity index (χ4n) is 7.82. The molecule has 11 nitrogen and oxygen atoms in total. The van der Waals surface area contributed by atoms with E-state index in [0.29, 0.717) is 35.4 Å². The van der Waals surface area contributed by atoms with E-state index in [9.17, 15) is 24.5 Å². The average Bonchev–Trinajstić information content (AvgIpc) is 3.70. The van der Waals surface area contributed by atoms with E-state index >= 15 is 0 Å². The van der Waals surface area contributed by atoms with Gasteiger partial charge >= 0.3 is 0 Å². The lowest BCUT2D eigenvalue weighted by Crippen LogP contribution is -2.51. The standard InChI is InChI=1S/C30H23N5O6/c1-41-23-13-12-16(35(39)40)15-22(23)33-27(37)24-21-11-6-14-32(21)30(25(24)28(33)38)18-8-3-5-10-20(18)34-26(36)17-7-2-4-9-19(17)31-29(30)34/h2-5,7-10,12-13,15,21,24-25H,6,11,14H2,1H3/t21-,24-,25+,30+/m0/s1. The molecule has 3 saturated heterocycles. The van der Waals surface area contributed by atoms with E-state index in [1.54, 1.807) is 22.8 Å². The average molecular weight is 550 g/mol. The fourth-order valence-corrected chi connectivity index (χ4v) is 7.82. The van der Waals surface area contributed by atoms with Crippen molar-refractivity contribution in [2.45, 2.75) is 24.4 Å². The molecule has 0 radical (unpaired) electrons. The fraction of sp³-hybridized carbons (Fsp3) is 0.267. The normalized spacial score (nSPS) is 26.0. The number of imide groups is 1. The van der Waals surface area contributed by atoms with Crippen LogP contribution in [0.5, 0.6) is 5.75 Å². The van der Waals surface area contributed by atoms with Crippen LogP contribution in [0.3, 0.4) is 0 Å². The molecule has 0 unspecified atom stereocenters. The van der Waals surface area contributed by atoms with Crippen molar-refractivity contribution in [1.29, 1.82) is 0 Å². The SMILES string of the molecule is COc1ccc([N+](=O)[O-])cc1N1C(=O)[C@H]2[C@@H]3CCCN3[C@]3(c4ccccc4-n4c3nc3ccccc3c4=O)[C@H]2C1=O. The number of carbonyl (C=O) groups excluding carboxylic acids is 2. The number of hydrogen-bond donors (Lipinski definition) is 0. The molecule has 1 spiro atoms. The first kappa shape index (κ1) is 23.9. The lowest BCUT2D eigenvalue weighted by Gasteiger charge is -2.38. The summed E-state index contributed by atoms with van der Waals surface area (Å²) in [4.78, 5) is 62.3. The molecule has 0 N–H and O–H groups in total. The maximum atomic E-state index is 14.6. The number of para-hydroxylation sites is 2. The van der Waals surface area contributed by atoms with Gasteiger partial charge < -0.3 is 4.74 Å². The lowest BCUT2D eigenvalue weighted by molar-refractivity contribution is -0.384. The Bertz CT molecular complexity index is 1920. The predicted molar refractivity (Wildman–Crippen MR) is 147 cm³/mol. The monoisotopic (exact) mass is 549 g/mol. The van der Waals surface area contributed by atoms with Crippen LogP contribution in [-0.4, -0.2) is 50.9 Å². The number of benzene rings is 3. The highest BCUT2D eigenvalue weighted by molar-refractivity contribution is 6.24. The predicted octanol–water partition coefficient (Wildman–Crippen LogP) is 3.14. The lowest BCUT2D eigenvalue weighted by atomic mass is 9.75. The van der Waals surface area contributed by atoms with E-state index in [2.05, 4.69) is 4.90 Å². The van der Waals surface area contributed by atoms with Crippen LogP contribution in [0.1, 0.15) is 24.2 Å². The smallest absolute Gasteiger partial charge is 0.271 e. The molecule has 41 heavy (non-hydrogen) atoms. The molecule has 11 heteroatoms. The molecular formula is C30H23N5O6. The summed E-state index contributed by atoms with van der Waals surface area (Å²) in [5.41, 5.74) is 0.304. The van der Waals surface area contributed by atoms with E-state index in [-0.39, 0.29) is 28.7 Å². The molecule has 4 aromatic rings. The van der Waals surface area contributed by atoms with Crippen molar-refractivity contribution in [2.24, 2.45) is 11.8 Å². The molecule has 1 aromatic heterocycles. The van der Waals surface area contributed by atoms with Gasteiger partial charge in [-0.3, -0.25) is 34.0 Å². The summed E-state index contributed by atoms with van der Waals surface area (Å²) in [7, 11) is 1.39. The Labute approximate surface area is 232 Å². The molecule has 4 aliphatic heterocycles. The Morgan fingerprint density at radius 2 is 1.78 bits per heavy atom. The van der Waals surface area contributed by atoms with Crippen molar-refractivity contribution in [2.75, 3.05) is 18.6 Å². The van der Waals surface area contributed by atoms with Gasteiger partial charge in [0, 0.05) is 23.7 Å². The third-order valence-corrected chi connectivity index (χ3v) is 9.25. The second kappa shape index (κ2) is 8.07. The topological polar surface area (TPSA) is 128 Å². The maximum Gasteiger partial charge on any atom is 0.271 e. The molecule has 0 bridgehead atoms. The van der Waals surface area contributed by atoms with Crippen LogP contribution in [0.2, 0.25) is 0 Å². The highest BCUT2D eigenvalue weighted by atomic mass is 16.6. The van der Waals surface area contributed by atoms with Crippen molar-refractivity contribution >= 4 is 34.1 Å². The van der Waals surface area contributed by atoms with Crippen molar-refractivity contribution in [3.8, 4) is 11.4 Å². The Kier molecular flexibility index (Phi) is 4.71. The van der Waals surface area contributed by atoms with Crippen LogP contribution in [0.15, 0.2) is 71.5 Å². The van der Waals surface area contributed by atoms with Gasteiger partial charge in [-0.05, 0) is 43.7 Å². The summed E-state index contributed by atoms with van der Waals surface area (Å²) in [6.07, 6.45) is 1.51. The van der Waals surface area contributed by atoms with Gasteiger partial charge in [0.25, 0.3) is 11.2 Å². The Morgan fingerprint density at radius 1 is 1.00 bits per heavy atom. The van der Waals surface area contributed by atoms with Gasteiger partial charge in [0.1, 0.15) is 22.8 Å². The van der Waals surface area contributed by atoms with Crippen LogP contribution >= 0.6 is 0 Å². The molecule has 4 atom stereocenters. The zero-order chi connectivity index (χ0) is 28.2. The molecule has 2 amide bonds. The van der Waals surface area contributed by atoms with Gasteiger partial charge in [-0.2, -0.15) is 0 Å². The Hall–Kier alpha value is -4.90. The Morgan fingerprint density at radius 3 is 2.59 bits per heavy atom. The van der Waals surface area contributed by atoms with Gasteiger partial charge in [-0.1, -0.05) is 30.3 Å². The van der Waals surface area contributed by atoms with E-state index in [4.69, 9.17) is 9.72 Å². The second-order valence-electron chi connectivity index (χ2n) is 10.9. The van der Waals surface area contributed by atoms with Crippen LogP contribution in [0.4, 0.5) is 11.4 Å². The van der Waals surface area contributed by atoms with E-state index < -0.39 is 34.1 Å². The number of nitro benzene ring substituents is 1. The van der Waals surface area contributed by atoms with Gasteiger partial charge in [0.2, 0.25) is 11.8 Å². The minimum atomic E-state index is -1.17. The largest absolute Gasteiger partial charge is 0.495 e. The van der Waals surface area contributed by atoms with Crippen LogP contribution < -0.4 is 15.2 Å². The number of nitrogens with zero attached hydrogens (tertiary/aromatic N) is 5. The Balaban J connectivity index is 1.42. The molecule has 0 saturated carbocycles. The van der Waals surface area contributed by atoms with Gasteiger partial charge in [0.15, 0.2) is 0 Å². The van der Waals surface area contributed by atoms with Crippen molar-refractivity contribution in [3.63, 3.8) is 0 Å². The first-order valence-electron chi connectivity index (χ1n) is 13.5. The molecule has 8 rings (SSSR count). The number of nitro groups is 1. The molecule has 204 valence electrons. The first-order valence-corrected chi connectivity index (χ1v) is 13.5. The molecule has 4 aliphatic rings. The second-order valence-corrected chi connectivity index (χ2v) is 10.9. The third kappa shape index (κ3) is 2.76. The zero-order valence-corrected chi connectivity index (χ0v) is 21.9. The number of aromatic nitrogens is 2. The summed E-state index contributed by atoms with van der Waals surface area (Å²) in [5.74, 6) is -1.92. The highest BCUT2D eigenvalue weighted by Crippen LogP contribution is 2.62. The number of non-ortho nitro benzene ring substituents is 1. The van der Waals surface area contributed by atoms with Gasteiger partial charge in [-0.15, -0.1) is 0 Å². The molecule has 0 aliphatic carbocycles. The summed E-state index contributed by atoms with van der Waals surface area (Å²) in [6.45, 7) is 0.634. The number of ether oxygens (including phenoxy) is 1. The quantitative estimate of drug-likeness (QED) is 0.217. The summed E-state index contributed by atoms with van der Waals surface area (Å²) in [5, 5.41) is 12.1. The van der Waals surface area contributed by atoms with E-state index in [1.165, 1.54) is 25.3 Å². The molecular weight excluding hydrogens is 526 g/mol. The number of carbonyl (C=O) groups is 2. The maximum absolute atomic E-state index is 14.6. The number of fused-ring (bicyclic) bond motifs is 11. The number of rotatable bonds is 3. The summed E-state index contributed by atoms with van der Waals surface area (Å²) in [6, 6.07) is 18.2. The van der Waals surface area contributed by atoms with Crippen LogP contribution in [0, 0.1) is 22.0 Å². The van der Waals surface area contributed by atoms with Crippen molar-refractivity contribution < 1.29 is 19.2 Å². The zero-order valence-electron chi connectivity index (χ0n) is 21.9. The summed E-state index contributed by atoms with van der Waals surface area (Å²) < 4.78 is 7.06. The molecule has 3 aromatic carbocycles. The van der Waals surface area contributed by atoms with Crippen molar-refractivity contribution in [3.05, 3.63) is 98.6 Å². The van der Waals surface area contributed by atoms with Crippen LogP contribution in [0.25, 0.3) is 16.6 Å². The number of anilines is 1. The minimum Gasteiger partial charge on any atom is -0.495 e. The minimum absolute atomic E-state index is 0.0425.